The van der Waals surface area contributed by atoms with Gasteiger partial charge in [0.2, 0.25) is 0 Å². The molecule has 1 aliphatic heterocycles. The van der Waals surface area contributed by atoms with Gasteiger partial charge in [-0.3, -0.25) is 0 Å². The van der Waals surface area contributed by atoms with Crippen LogP contribution in [-0.2, 0) is 0 Å². The molecule has 120 valence electrons. The fraction of sp³-hybridized carbons (Fsp3) is 0.647. The second kappa shape index (κ2) is 7.58. The number of unbranched alkanes of at least 4 members (excludes halogenated alkanes) is 3. The molecule has 0 saturated carbocycles. The standard InChI is InChI=1S/C17H27N5/c1-2-3-4-5-10-22-11-7-14(8-12-22)21-17-15-6-9-18-16(15)19-13-20-17/h6,9,13-14H,2-5,7-8,10-12H2,1H3,(H2,18,19,20,21). The molecule has 0 amide bonds. The lowest BCUT2D eigenvalue weighted by Gasteiger charge is -2.32. The number of anilines is 1. The van der Waals surface area contributed by atoms with Crippen molar-refractivity contribution in [3.63, 3.8) is 0 Å². The van der Waals surface area contributed by atoms with Crippen LogP contribution in [0.25, 0.3) is 11.0 Å². The van der Waals surface area contributed by atoms with E-state index in [1.54, 1.807) is 6.33 Å². The van der Waals surface area contributed by atoms with Crippen molar-refractivity contribution in [2.45, 2.75) is 51.5 Å². The van der Waals surface area contributed by atoms with Crippen molar-refractivity contribution in [2.75, 3.05) is 25.0 Å². The molecule has 5 nitrogen and oxygen atoms in total. The van der Waals surface area contributed by atoms with Gasteiger partial charge in [0.15, 0.2) is 0 Å². The Morgan fingerprint density at radius 1 is 1.23 bits per heavy atom. The van der Waals surface area contributed by atoms with E-state index < -0.39 is 0 Å². The minimum absolute atomic E-state index is 0.528. The van der Waals surface area contributed by atoms with Gasteiger partial charge in [0.1, 0.15) is 17.8 Å². The van der Waals surface area contributed by atoms with E-state index in [1.807, 2.05) is 12.3 Å². The van der Waals surface area contributed by atoms with Gasteiger partial charge in [0.25, 0.3) is 0 Å². The van der Waals surface area contributed by atoms with E-state index >= 15 is 0 Å². The summed E-state index contributed by atoms with van der Waals surface area (Å²) in [6.45, 7) is 5.93. The molecule has 1 fully saturated rings. The van der Waals surface area contributed by atoms with Crippen LogP contribution in [0, 0.1) is 0 Å². The number of rotatable bonds is 7. The summed E-state index contributed by atoms with van der Waals surface area (Å²) in [6.07, 6.45) is 11.4. The molecule has 0 aromatic carbocycles. The second-order valence-electron chi connectivity index (χ2n) is 6.28. The molecule has 0 unspecified atom stereocenters. The van der Waals surface area contributed by atoms with Gasteiger partial charge in [-0.05, 0) is 31.9 Å². The number of hydrogen-bond acceptors (Lipinski definition) is 4. The van der Waals surface area contributed by atoms with E-state index in [4.69, 9.17) is 0 Å². The van der Waals surface area contributed by atoms with Crippen LogP contribution in [0.3, 0.4) is 0 Å². The Labute approximate surface area is 132 Å². The Kier molecular flexibility index (Phi) is 5.27. The van der Waals surface area contributed by atoms with E-state index in [2.05, 4.69) is 32.1 Å². The zero-order chi connectivity index (χ0) is 15.2. The number of likely N-dealkylation sites (tertiary alicyclic amines) is 1. The first-order valence-corrected chi connectivity index (χ1v) is 8.64. The van der Waals surface area contributed by atoms with Crippen LogP contribution >= 0.6 is 0 Å². The maximum atomic E-state index is 4.41. The average Bonchev–Trinajstić information content (AvgIpc) is 3.03. The van der Waals surface area contributed by atoms with Gasteiger partial charge in [0, 0.05) is 25.3 Å². The number of aromatic nitrogens is 3. The van der Waals surface area contributed by atoms with Gasteiger partial charge >= 0.3 is 0 Å². The molecule has 5 heteroatoms. The number of H-pyrrole nitrogens is 1. The monoisotopic (exact) mass is 301 g/mol. The van der Waals surface area contributed by atoms with Crippen molar-refractivity contribution in [2.24, 2.45) is 0 Å². The summed E-state index contributed by atoms with van der Waals surface area (Å²) >= 11 is 0. The van der Waals surface area contributed by atoms with E-state index in [9.17, 15) is 0 Å². The summed E-state index contributed by atoms with van der Waals surface area (Å²) in [4.78, 5) is 14.4. The van der Waals surface area contributed by atoms with Crippen molar-refractivity contribution in [3.8, 4) is 0 Å². The summed E-state index contributed by atoms with van der Waals surface area (Å²) in [5, 5.41) is 4.70. The molecule has 2 aromatic heterocycles. The first kappa shape index (κ1) is 15.3. The molecule has 3 heterocycles. The molecular weight excluding hydrogens is 274 g/mol. The van der Waals surface area contributed by atoms with Crippen LogP contribution in [-0.4, -0.2) is 45.5 Å². The molecular formula is C17H27N5. The molecule has 0 spiro atoms. The van der Waals surface area contributed by atoms with Crippen LogP contribution in [0.1, 0.15) is 45.4 Å². The van der Waals surface area contributed by atoms with Crippen molar-refractivity contribution in [1.29, 1.82) is 0 Å². The fourth-order valence-electron chi connectivity index (χ4n) is 3.24. The van der Waals surface area contributed by atoms with Crippen molar-refractivity contribution in [1.82, 2.24) is 19.9 Å². The first-order chi connectivity index (χ1) is 10.9. The van der Waals surface area contributed by atoms with Crippen LogP contribution < -0.4 is 5.32 Å². The van der Waals surface area contributed by atoms with Gasteiger partial charge in [0.05, 0.1) is 5.39 Å². The van der Waals surface area contributed by atoms with Gasteiger partial charge in [-0.25, -0.2) is 9.97 Å². The number of hydrogen-bond donors (Lipinski definition) is 2. The predicted octanol–water partition coefficient (Wildman–Crippen LogP) is 3.41. The van der Waals surface area contributed by atoms with Gasteiger partial charge in [-0.1, -0.05) is 26.2 Å². The summed E-state index contributed by atoms with van der Waals surface area (Å²) in [6, 6.07) is 2.57. The fourth-order valence-corrected chi connectivity index (χ4v) is 3.24. The number of nitrogens with zero attached hydrogens (tertiary/aromatic N) is 3. The van der Waals surface area contributed by atoms with E-state index in [-0.39, 0.29) is 0 Å². The van der Waals surface area contributed by atoms with E-state index in [1.165, 1.54) is 58.2 Å². The predicted molar refractivity (Wildman–Crippen MR) is 91.1 cm³/mol. The Balaban J connectivity index is 1.47. The van der Waals surface area contributed by atoms with Crippen LogP contribution in [0.2, 0.25) is 0 Å². The maximum Gasteiger partial charge on any atom is 0.142 e. The smallest absolute Gasteiger partial charge is 0.142 e. The third kappa shape index (κ3) is 3.77. The molecule has 0 radical (unpaired) electrons. The first-order valence-electron chi connectivity index (χ1n) is 8.64. The minimum Gasteiger partial charge on any atom is -0.367 e. The van der Waals surface area contributed by atoms with Crippen LogP contribution in [0.4, 0.5) is 5.82 Å². The number of nitrogens with one attached hydrogen (secondary N) is 2. The molecule has 1 aliphatic rings. The van der Waals surface area contributed by atoms with E-state index in [0.29, 0.717) is 6.04 Å². The third-order valence-electron chi connectivity index (χ3n) is 4.61. The summed E-state index contributed by atoms with van der Waals surface area (Å²) in [5.41, 5.74) is 0.908. The highest BCUT2D eigenvalue weighted by molar-refractivity contribution is 5.86. The number of piperidine rings is 1. The Morgan fingerprint density at radius 2 is 2.09 bits per heavy atom. The van der Waals surface area contributed by atoms with E-state index in [0.717, 1.165) is 16.9 Å². The lowest BCUT2D eigenvalue weighted by molar-refractivity contribution is 0.215. The molecule has 0 bridgehead atoms. The highest BCUT2D eigenvalue weighted by Crippen LogP contribution is 2.21. The molecule has 2 N–H and O–H groups in total. The van der Waals surface area contributed by atoms with Crippen molar-refractivity contribution < 1.29 is 0 Å². The van der Waals surface area contributed by atoms with Crippen LogP contribution in [0.15, 0.2) is 18.6 Å². The summed E-state index contributed by atoms with van der Waals surface area (Å²) in [7, 11) is 0. The highest BCUT2D eigenvalue weighted by atomic mass is 15.1. The van der Waals surface area contributed by atoms with Gasteiger partial charge in [-0.15, -0.1) is 0 Å². The molecule has 2 aromatic rings. The topological polar surface area (TPSA) is 56.8 Å². The quantitative estimate of drug-likeness (QED) is 0.769. The molecule has 22 heavy (non-hydrogen) atoms. The Morgan fingerprint density at radius 3 is 2.91 bits per heavy atom. The summed E-state index contributed by atoms with van der Waals surface area (Å²) in [5.74, 6) is 0.965. The molecule has 3 rings (SSSR count). The normalized spacial score (nSPS) is 17.1. The minimum atomic E-state index is 0.528. The lowest BCUT2D eigenvalue weighted by Crippen LogP contribution is -2.39. The number of aromatic amines is 1. The van der Waals surface area contributed by atoms with Crippen molar-refractivity contribution in [3.05, 3.63) is 18.6 Å². The highest BCUT2D eigenvalue weighted by Gasteiger charge is 2.19. The SMILES string of the molecule is CCCCCCN1CCC(Nc2ncnc3[nH]ccc23)CC1. The Hall–Kier alpha value is -1.62. The van der Waals surface area contributed by atoms with Gasteiger partial charge < -0.3 is 15.2 Å². The zero-order valence-corrected chi connectivity index (χ0v) is 13.5. The molecule has 0 atom stereocenters. The summed E-state index contributed by atoms with van der Waals surface area (Å²) < 4.78 is 0. The van der Waals surface area contributed by atoms with Crippen molar-refractivity contribution >= 4 is 16.9 Å². The second-order valence-corrected chi connectivity index (χ2v) is 6.28. The number of fused-ring (bicyclic) bond motifs is 1. The largest absolute Gasteiger partial charge is 0.367 e. The van der Waals surface area contributed by atoms with Crippen LogP contribution in [0.5, 0.6) is 0 Å². The van der Waals surface area contributed by atoms with Gasteiger partial charge in [-0.2, -0.15) is 0 Å². The maximum absolute atomic E-state index is 4.41. The average molecular weight is 301 g/mol. The Bertz CT molecular complexity index is 571. The molecule has 0 aliphatic carbocycles. The lowest BCUT2D eigenvalue weighted by atomic mass is 10.0. The molecule has 1 saturated heterocycles. The third-order valence-corrected chi connectivity index (χ3v) is 4.61. The zero-order valence-electron chi connectivity index (χ0n) is 13.5.